The van der Waals surface area contributed by atoms with Gasteiger partial charge < -0.3 is 15.6 Å². The van der Waals surface area contributed by atoms with E-state index in [4.69, 9.17) is 17.3 Å². The largest absolute Gasteiger partial charge is 0.335 e. The Labute approximate surface area is 116 Å². The molecule has 0 aliphatic heterocycles. The van der Waals surface area contributed by atoms with Crippen molar-refractivity contribution in [3.05, 3.63) is 47.0 Å². The molecule has 0 aliphatic rings. The SMILES string of the molecule is Cc1ccc(NC(=O)c2cn(CCN)cn2)cc1Cl. The first kappa shape index (κ1) is 13.6. The fourth-order valence-corrected chi connectivity index (χ4v) is 1.79. The predicted molar refractivity (Wildman–Crippen MR) is 75.4 cm³/mol. The zero-order chi connectivity index (χ0) is 13.8. The maximum Gasteiger partial charge on any atom is 0.275 e. The average Bonchev–Trinajstić information content (AvgIpc) is 2.83. The quantitative estimate of drug-likeness (QED) is 0.899. The van der Waals surface area contributed by atoms with E-state index in [1.807, 2.05) is 13.0 Å². The minimum absolute atomic E-state index is 0.268. The van der Waals surface area contributed by atoms with E-state index < -0.39 is 0 Å². The highest BCUT2D eigenvalue weighted by molar-refractivity contribution is 6.31. The Balaban J connectivity index is 2.09. The van der Waals surface area contributed by atoms with Crippen LogP contribution < -0.4 is 11.1 Å². The van der Waals surface area contributed by atoms with Crippen molar-refractivity contribution in [2.45, 2.75) is 13.5 Å². The Hall–Kier alpha value is -1.85. The van der Waals surface area contributed by atoms with Crippen molar-refractivity contribution in [1.82, 2.24) is 9.55 Å². The first-order chi connectivity index (χ1) is 9.10. The van der Waals surface area contributed by atoms with Crippen LogP contribution in [0.25, 0.3) is 0 Å². The van der Waals surface area contributed by atoms with Crippen molar-refractivity contribution < 1.29 is 4.79 Å². The fourth-order valence-electron chi connectivity index (χ4n) is 1.61. The Morgan fingerprint density at radius 2 is 2.32 bits per heavy atom. The Morgan fingerprint density at radius 1 is 1.53 bits per heavy atom. The van der Waals surface area contributed by atoms with Gasteiger partial charge in [0.05, 0.1) is 6.33 Å². The van der Waals surface area contributed by atoms with Crippen molar-refractivity contribution >= 4 is 23.2 Å². The van der Waals surface area contributed by atoms with Gasteiger partial charge in [0.25, 0.3) is 5.91 Å². The highest BCUT2D eigenvalue weighted by Gasteiger charge is 2.10. The van der Waals surface area contributed by atoms with Gasteiger partial charge in [-0.2, -0.15) is 0 Å². The van der Waals surface area contributed by atoms with E-state index >= 15 is 0 Å². The van der Waals surface area contributed by atoms with Crippen molar-refractivity contribution in [1.29, 1.82) is 0 Å². The highest BCUT2D eigenvalue weighted by atomic mass is 35.5. The number of hydrogen-bond donors (Lipinski definition) is 2. The second-order valence-electron chi connectivity index (χ2n) is 4.20. The van der Waals surface area contributed by atoms with Gasteiger partial charge in [-0.3, -0.25) is 4.79 Å². The molecule has 1 heterocycles. The molecular formula is C13H15ClN4O. The van der Waals surface area contributed by atoms with Crippen LogP contribution in [-0.4, -0.2) is 22.0 Å². The van der Waals surface area contributed by atoms with Crippen LogP contribution in [0.1, 0.15) is 16.1 Å². The lowest BCUT2D eigenvalue weighted by Crippen LogP contribution is -2.12. The molecule has 2 rings (SSSR count). The van der Waals surface area contributed by atoms with Gasteiger partial charge in [-0.1, -0.05) is 17.7 Å². The number of carbonyl (C=O) groups is 1. The average molecular weight is 279 g/mol. The number of amides is 1. The summed E-state index contributed by atoms with van der Waals surface area (Å²) in [6.07, 6.45) is 3.25. The van der Waals surface area contributed by atoms with E-state index in [9.17, 15) is 4.79 Å². The van der Waals surface area contributed by atoms with E-state index in [0.717, 1.165) is 5.56 Å². The number of imidazole rings is 1. The lowest BCUT2D eigenvalue weighted by Gasteiger charge is -2.05. The number of hydrogen-bond acceptors (Lipinski definition) is 3. The number of halogens is 1. The van der Waals surface area contributed by atoms with Crippen LogP contribution >= 0.6 is 11.6 Å². The Bertz CT molecular complexity index is 594. The number of nitrogens with one attached hydrogen (secondary N) is 1. The van der Waals surface area contributed by atoms with E-state index in [0.29, 0.717) is 29.5 Å². The van der Waals surface area contributed by atoms with Crippen molar-refractivity contribution in [2.24, 2.45) is 5.73 Å². The second kappa shape index (κ2) is 5.86. The van der Waals surface area contributed by atoms with Crippen LogP contribution in [0.5, 0.6) is 0 Å². The van der Waals surface area contributed by atoms with E-state index in [1.54, 1.807) is 29.2 Å². The second-order valence-corrected chi connectivity index (χ2v) is 4.61. The Kier molecular flexibility index (Phi) is 4.19. The highest BCUT2D eigenvalue weighted by Crippen LogP contribution is 2.20. The van der Waals surface area contributed by atoms with Crippen LogP contribution in [0.4, 0.5) is 5.69 Å². The summed E-state index contributed by atoms with van der Waals surface area (Å²) in [6.45, 7) is 3.05. The molecule has 0 spiro atoms. The van der Waals surface area contributed by atoms with Crippen molar-refractivity contribution in [2.75, 3.05) is 11.9 Å². The molecule has 100 valence electrons. The third-order valence-corrected chi connectivity index (χ3v) is 3.09. The van der Waals surface area contributed by atoms with Gasteiger partial charge in [-0.05, 0) is 24.6 Å². The molecule has 1 amide bonds. The predicted octanol–water partition coefficient (Wildman–Crippen LogP) is 2.06. The number of carbonyl (C=O) groups excluding carboxylic acids is 1. The van der Waals surface area contributed by atoms with Gasteiger partial charge in [-0.15, -0.1) is 0 Å². The van der Waals surface area contributed by atoms with Crippen LogP contribution in [0.3, 0.4) is 0 Å². The number of rotatable bonds is 4. The van der Waals surface area contributed by atoms with Crippen LogP contribution in [0.2, 0.25) is 5.02 Å². The third-order valence-electron chi connectivity index (χ3n) is 2.68. The van der Waals surface area contributed by atoms with Gasteiger partial charge in [0.1, 0.15) is 5.69 Å². The lowest BCUT2D eigenvalue weighted by atomic mass is 10.2. The van der Waals surface area contributed by atoms with Crippen molar-refractivity contribution in [3.8, 4) is 0 Å². The van der Waals surface area contributed by atoms with E-state index in [2.05, 4.69) is 10.3 Å². The summed E-state index contributed by atoms with van der Waals surface area (Å²) in [7, 11) is 0. The standard InChI is InChI=1S/C13H15ClN4O/c1-9-2-3-10(6-11(9)14)17-13(19)12-7-18(5-4-15)8-16-12/h2-3,6-8H,4-5,15H2,1H3,(H,17,19). The fraction of sp³-hybridized carbons (Fsp3) is 0.231. The number of nitrogens with two attached hydrogens (primary N) is 1. The summed E-state index contributed by atoms with van der Waals surface area (Å²) in [5, 5.41) is 3.37. The van der Waals surface area contributed by atoms with Gasteiger partial charge in [-0.25, -0.2) is 4.98 Å². The molecule has 0 saturated heterocycles. The summed E-state index contributed by atoms with van der Waals surface area (Å²) < 4.78 is 1.77. The molecule has 6 heteroatoms. The molecule has 5 nitrogen and oxygen atoms in total. The molecule has 1 aromatic carbocycles. The number of aryl methyl sites for hydroxylation is 1. The first-order valence-corrected chi connectivity index (χ1v) is 6.27. The molecule has 19 heavy (non-hydrogen) atoms. The molecule has 0 aliphatic carbocycles. The molecule has 0 fully saturated rings. The Morgan fingerprint density at radius 3 is 3.00 bits per heavy atom. The van der Waals surface area contributed by atoms with Gasteiger partial charge in [0, 0.05) is 30.0 Å². The van der Waals surface area contributed by atoms with Crippen LogP contribution in [-0.2, 0) is 6.54 Å². The number of benzene rings is 1. The molecule has 0 radical (unpaired) electrons. The van der Waals surface area contributed by atoms with Gasteiger partial charge in [0.15, 0.2) is 0 Å². The summed E-state index contributed by atoms with van der Waals surface area (Å²) in [5.74, 6) is -0.268. The maximum absolute atomic E-state index is 12.0. The molecule has 0 atom stereocenters. The zero-order valence-electron chi connectivity index (χ0n) is 10.6. The molecular weight excluding hydrogens is 264 g/mol. The first-order valence-electron chi connectivity index (χ1n) is 5.89. The minimum atomic E-state index is -0.268. The normalized spacial score (nSPS) is 10.5. The topological polar surface area (TPSA) is 72.9 Å². The van der Waals surface area contributed by atoms with Crippen LogP contribution in [0.15, 0.2) is 30.7 Å². The third kappa shape index (κ3) is 3.33. The summed E-state index contributed by atoms with van der Waals surface area (Å²) >= 11 is 6.00. The molecule has 2 aromatic rings. The molecule has 1 aromatic heterocycles. The summed E-state index contributed by atoms with van der Waals surface area (Å²) in [6, 6.07) is 5.37. The number of aromatic nitrogens is 2. The molecule has 0 saturated carbocycles. The van der Waals surface area contributed by atoms with E-state index in [-0.39, 0.29) is 5.91 Å². The van der Waals surface area contributed by atoms with Crippen molar-refractivity contribution in [3.63, 3.8) is 0 Å². The number of anilines is 1. The minimum Gasteiger partial charge on any atom is -0.335 e. The van der Waals surface area contributed by atoms with Gasteiger partial charge in [0.2, 0.25) is 0 Å². The summed E-state index contributed by atoms with van der Waals surface area (Å²) in [4.78, 5) is 16.0. The lowest BCUT2D eigenvalue weighted by molar-refractivity contribution is 0.102. The zero-order valence-corrected chi connectivity index (χ0v) is 11.3. The monoisotopic (exact) mass is 278 g/mol. The van der Waals surface area contributed by atoms with E-state index in [1.165, 1.54) is 0 Å². The van der Waals surface area contributed by atoms with Crippen LogP contribution in [0, 0.1) is 6.92 Å². The summed E-state index contributed by atoms with van der Waals surface area (Å²) in [5.41, 5.74) is 7.40. The molecule has 0 unspecified atom stereocenters. The van der Waals surface area contributed by atoms with Gasteiger partial charge >= 0.3 is 0 Å². The smallest absolute Gasteiger partial charge is 0.275 e. The molecule has 0 bridgehead atoms. The maximum atomic E-state index is 12.0. The molecule has 3 N–H and O–H groups in total. The number of nitrogens with zero attached hydrogens (tertiary/aromatic N) is 2.